The molecule has 0 radical (unpaired) electrons. The summed E-state index contributed by atoms with van der Waals surface area (Å²) < 4.78 is 10.6. The third-order valence-corrected chi connectivity index (χ3v) is 4.99. The molecular formula is C20H29N5O3. The van der Waals surface area contributed by atoms with Gasteiger partial charge >= 0.3 is 0 Å². The van der Waals surface area contributed by atoms with Gasteiger partial charge in [-0.1, -0.05) is 5.16 Å². The number of nitrogens with one attached hydrogen (secondary N) is 1. The van der Waals surface area contributed by atoms with Gasteiger partial charge in [-0.15, -0.1) is 0 Å². The fourth-order valence-electron chi connectivity index (χ4n) is 3.27. The molecule has 0 unspecified atom stereocenters. The lowest BCUT2D eigenvalue weighted by Crippen LogP contribution is -2.41. The summed E-state index contributed by atoms with van der Waals surface area (Å²) >= 11 is 0. The van der Waals surface area contributed by atoms with Crippen molar-refractivity contribution in [2.24, 2.45) is 5.92 Å². The molecule has 8 heteroatoms. The Balaban J connectivity index is 1.46. The number of carbonyl (C=O) groups excluding carboxylic acids is 1. The number of aromatic nitrogens is 2. The third kappa shape index (κ3) is 5.53. The van der Waals surface area contributed by atoms with E-state index in [1.807, 2.05) is 38.4 Å². The zero-order valence-electron chi connectivity index (χ0n) is 16.9. The standard InChI is InChI=1S/C20H29N5O3/c1-24(2)13-10-21-20(26)16-8-11-25(12-9-16)14-18-22-19(23-28-18)15-4-6-17(27-3)7-5-15/h4-7,16H,8-14H2,1-3H3,(H,21,26). The van der Waals surface area contributed by atoms with E-state index < -0.39 is 0 Å². The molecule has 1 aliphatic heterocycles. The Labute approximate surface area is 165 Å². The van der Waals surface area contributed by atoms with Crippen molar-refractivity contribution < 1.29 is 14.1 Å². The van der Waals surface area contributed by atoms with Gasteiger partial charge in [0.25, 0.3) is 0 Å². The number of methoxy groups -OCH3 is 1. The van der Waals surface area contributed by atoms with Crippen LogP contribution in [0, 0.1) is 5.92 Å². The minimum absolute atomic E-state index is 0.0935. The highest BCUT2D eigenvalue weighted by atomic mass is 16.5. The summed E-state index contributed by atoms with van der Waals surface area (Å²) in [6.07, 6.45) is 1.71. The third-order valence-electron chi connectivity index (χ3n) is 4.99. The van der Waals surface area contributed by atoms with Crippen LogP contribution in [0.2, 0.25) is 0 Å². The van der Waals surface area contributed by atoms with Crippen LogP contribution in [-0.2, 0) is 11.3 Å². The molecule has 3 rings (SSSR count). The van der Waals surface area contributed by atoms with E-state index >= 15 is 0 Å². The Kier molecular flexibility index (Phi) is 7.00. The smallest absolute Gasteiger partial charge is 0.241 e. The van der Waals surface area contributed by atoms with Crippen molar-refractivity contribution in [2.75, 3.05) is 47.4 Å². The highest BCUT2D eigenvalue weighted by Gasteiger charge is 2.25. The van der Waals surface area contributed by atoms with E-state index in [9.17, 15) is 4.79 Å². The predicted octanol–water partition coefficient (Wildman–Crippen LogP) is 1.64. The quantitative estimate of drug-likeness (QED) is 0.737. The first kappa shape index (κ1) is 20.3. The van der Waals surface area contributed by atoms with Gasteiger partial charge in [0.15, 0.2) is 0 Å². The number of nitrogens with zero attached hydrogens (tertiary/aromatic N) is 4. The Morgan fingerprint density at radius 3 is 2.64 bits per heavy atom. The molecule has 8 nitrogen and oxygen atoms in total. The maximum atomic E-state index is 12.3. The van der Waals surface area contributed by atoms with Crippen LogP contribution < -0.4 is 10.1 Å². The zero-order valence-corrected chi connectivity index (χ0v) is 16.9. The van der Waals surface area contributed by atoms with Crippen LogP contribution in [0.5, 0.6) is 5.75 Å². The molecule has 1 saturated heterocycles. The molecule has 2 aromatic rings. The highest BCUT2D eigenvalue weighted by molar-refractivity contribution is 5.78. The summed E-state index contributed by atoms with van der Waals surface area (Å²) in [6, 6.07) is 7.57. The molecule has 1 aromatic heterocycles. The molecule has 1 N–H and O–H groups in total. The van der Waals surface area contributed by atoms with Crippen molar-refractivity contribution in [3.63, 3.8) is 0 Å². The van der Waals surface area contributed by atoms with E-state index in [1.165, 1.54) is 0 Å². The van der Waals surface area contributed by atoms with E-state index in [4.69, 9.17) is 9.26 Å². The molecular weight excluding hydrogens is 358 g/mol. The molecule has 0 spiro atoms. The van der Waals surface area contributed by atoms with E-state index in [-0.39, 0.29) is 11.8 Å². The minimum Gasteiger partial charge on any atom is -0.497 e. The first-order valence-corrected chi connectivity index (χ1v) is 9.67. The number of ether oxygens (including phenoxy) is 1. The predicted molar refractivity (Wildman–Crippen MR) is 106 cm³/mol. The SMILES string of the molecule is COc1ccc(-c2noc(CN3CCC(C(=O)NCCN(C)C)CC3)n2)cc1. The van der Waals surface area contributed by atoms with Gasteiger partial charge in [0, 0.05) is 24.6 Å². The topological polar surface area (TPSA) is 83.7 Å². The lowest BCUT2D eigenvalue weighted by molar-refractivity contribution is -0.126. The minimum atomic E-state index is 0.0935. The molecule has 0 aliphatic carbocycles. The molecule has 0 atom stereocenters. The number of likely N-dealkylation sites (N-methyl/N-ethyl adjacent to an activating group) is 1. The lowest BCUT2D eigenvalue weighted by Gasteiger charge is -2.30. The van der Waals surface area contributed by atoms with Crippen LogP contribution in [0.1, 0.15) is 18.7 Å². The van der Waals surface area contributed by atoms with Gasteiger partial charge in [-0.25, -0.2) is 0 Å². The second-order valence-electron chi connectivity index (χ2n) is 7.38. The number of rotatable bonds is 8. The number of likely N-dealkylation sites (tertiary alicyclic amines) is 1. The van der Waals surface area contributed by atoms with Crippen LogP contribution in [0.4, 0.5) is 0 Å². The lowest BCUT2D eigenvalue weighted by atomic mass is 9.96. The molecule has 28 heavy (non-hydrogen) atoms. The molecule has 2 heterocycles. The van der Waals surface area contributed by atoms with Gasteiger partial charge < -0.3 is 19.5 Å². The first-order valence-electron chi connectivity index (χ1n) is 9.67. The first-order chi connectivity index (χ1) is 13.5. The second-order valence-corrected chi connectivity index (χ2v) is 7.38. The van der Waals surface area contributed by atoms with Crippen molar-refractivity contribution in [3.8, 4) is 17.1 Å². The maximum absolute atomic E-state index is 12.3. The summed E-state index contributed by atoms with van der Waals surface area (Å²) in [7, 11) is 5.64. The molecule has 1 aromatic carbocycles. The van der Waals surface area contributed by atoms with Crippen LogP contribution in [0.25, 0.3) is 11.4 Å². The summed E-state index contributed by atoms with van der Waals surface area (Å²) in [6.45, 7) is 3.87. The zero-order chi connectivity index (χ0) is 19.9. The number of benzene rings is 1. The van der Waals surface area contributed by atoms with Gasteiger partial charge in [0.05, 0.1) is 13.7 Å². The van der Waals surface area contributed by atoms with Gasteiger partial charge in [-0.2, -0.15) is 4.98 Å². The number of hydrogen-bond acceptors (Lipinski definition) is 7. The summed E-state index contributed by atoms with van der Waals surface area (Å²) in [5, 5.41) is 7.11. The van der Waals surface area contributed by atoms with Gasteiger partial charge in [0.2, 0.25) is 17.6 Å². The Hall–Kier alpha value is -2.45. The highest BCUT2D eigenvalue weighted by Crippen LogP contribution is 2.22. The Morgan fingerprint density at radius 2 is 2.00 bits per heavy atom. The molecule has 152 valence electrons. The van der Waals surface area contributed by atoms with Crippen molar-refractivity contribution >= 4 is 5.91 Å². The van der Waals surface area contributed by atoms with Crippen LogP contribution in [0.3, 0.4) is 0 Å². The number of piperidine rings is 1. The number of amides is 1. The maximum Gasteiger partial charge on any atom is 0.241 e. The monoisotopic (exact) mass is 387 g/mol. The van der Waals surface area contributed by atoms with Crippen LogP contribution in [-0.4, -0.2) is 73.2 Å². The van der Waals surface area contributed by atoms with Gasteiger partial charge in [-0.3, -0.25) is 9.69 Å². The molecule has 0 saturated carbocycles. The number of hydrogen-bond donors (Lipinski definition) is 1. The Bertz CT molecular complexity index is 751. The van der Waals surface area contributed by atoms with Crippen LogP contribution in [0.15, 0.2) is 28.8 Å². The van der Waals surface area contributed by atoms with E-state index in [1.54, 1.807) is 7.11 Å². The van der Waals surface area contributed by atoms with E-state index in [2.05, 4.69) is 25.3 Å². The summed E-state index contributed by atoms with van der Waals surface area (Å²) in [5.74, 6) is 2.23. The molecule has 1 aliphatic rings. The normalized spacial score (nSPS) is 15.7. The Morgan fingerprint density at radius 1 is 1.29 bits per heavy atom. The van der Waals surface area contributed by atoms with Crippen molar-refractivity contribution in [3.05, 3.63) is 30.2 Å². The molecule has 1 fully saturated rings. The van der Waals surface area contributed by atoms with Crippen molar-refractivity contribution in [1.29, 1.82) is 0 Å². The summed E-state index contributed by atoms with van der Waals surface area (Å²) in [4.78, 5) is 21.1. The van der Waals surface area contributed by atoms with Crippen molar-refractivity contribution in [2.45, 2.75) is 19.4 Å². The number of carbonyl (C=O) groups is 1. The van der Waals surface area contributed by atoms with Crippen LogP contribution >= 0.6 is 0 Å². The molecule has 0 bridgehead atoms. The van der Waals surface area contributed by atoms with E-state index in [0.717, 1.165) is 43.8 Å². The fraction of sp³-hybridized carbons (Fsp3) is 0.550. The fourth-order valence-corrected chi connectivity index (χ4v) is 3.27. The average Bonchev–Trinajstić information content (AvgIpc) is 3.16. The molecule has 1 amide bonds. The van der Waals surface area contributed by atoms with Gasteiger partial charge in [-0.05, 0) is 64.3 Å². The van der Waals surface area contributed by atoms with E-state index in [0.29, 0.717) is 24.8 Å². The largest absolute Gasteiger partial charge is 0.497 e. The average molecular weight is 387 g/mol. The van der Waals surface area contributed by atoms with Crippen molar-refractivity contribution in [1.82, 2.24) is 25.3 Å². The second kappa shape index (κ2) is 9.66. The van der Waals surface area contributed by atoms with Gasteiger partial charge in [0.1, 0.15) is 5.75 Å². The summed E-state index contributed by atoms with van der Waals surface area (Å²) in [5.41, 5.74) is 0.893.